The van der Waals surface area contributed by atoms with Gasteiger partial charge in [-0.1, -0.05) is 12.1 Å². The number of hydrogen-bond acceptors (Lipinski definition) is 3. The van der Waals surface area contributed by atoms with Crippen LogP contribution in [0, 0.1) is 5.82 Å². The Kier molecular flexibility index (Phi) is 6.41. The van der Waals surface area contributed by atoms with Crippen LogP contribution in [-0.2, 0) is 10.0 Å². The van der Waals surface area contributed by atoms with E-state index >= 15 is 0 Å². The van der Waals surface area contributed by atoms with Crippen molar-refractivity contribution >= 4 is 10.0 Å². The molecule has 1 rings (SSSR count). The lowest BCUT2D eigenvalue weighted by atomic mass is 10.1. The summed E-state index contributed by atoms with van der Waals surface area (Å²) in [5.74, 6) is -0.272. The molecular weight excluding hydrogens is 267 g/mol. The first kappa shape index (κ1) is 16.1. The highest BCUT2D eigenvalue weighted by Crippen LogP contribution is 2.14. The van der Waals surface area contributed by atoms with Crippen molar-refractivity contribution in [1.82, 2.24) is 10.0 Å². The number of nitrogens with one attached hydrogen (secondary N) is 2. The van der Waals surface area contributed by atoms with Crippen LogP contribution in [0.3, 0.4) is 0 Å². The van der Waals surface area contributed by atoms with Crippen molar-refractivity contribution in [3.05, 3.63) is 35.6 Å². The van der Waals surface area contributed by atoms with Crippen LogP contribution in [0.25, 0.3) is 0 Å². The Labute approximate surface area is 114 Å². The van der Waals surface area contributed by atoms with E-state index in [2.05, 4.69) is 10.0 Å². The number of hydrogen-bond donors (Lipinski definition) is 2. The molecule has 0 fully saturated rings. The Morgan fingerprint density at radius 1 is 1.32 bits per heavy atom. The molecular formula is C13H21FN2O2S. The summed E-state index contributed by atoms with van der Waals surface area (Å²) in [6.07, 6.45) is 1.41. The lowest BCUT2D eigenvalue weighted by Crippen LogP contribution is -2.29. The first-order valence-corrected chi connectivity index (χ1v) is 8.00. The topological polar surface area (TPSA) is 58.2 Å². The maximum absolute atomic E-state index is 13.1. The molecule has 4 nitrogen and oxygen atoms in total. The molecule has 0 spiro atoms. The highest BCUT2D eigenvalue weighted by molar-refractivity contribution is 7.89. The van der Waals surface area contributed by atoms with E-state index in [1.807, 2.05) is 7.05 Å². The molecule has 0 aliphatic heterocycles. The van der Waals surface area contributed by atoms with Gasteiger partial charge in [-0.05, 0) is 51.1 Å². The molecule has 108 valence electrons. The SMILES string of the molecule is CNCCCCS(=O)(=O)NC(C)c1cccc(F)c1. The van der Waals surface area contributed by atoms with Crippen LogP contribution >= 0.6 is 0 Å². The first-order chi connectivity index (χ1) is 8.94. The Morgan fingerprint density at radius 3 is 2.68 bits per heavy atom. The van der Waals surface area contributed by atoms with Gasteiger partial charge in [-0.3, -0.25) is 0 Å². The Bertz CT molecular complexity index is 491. The van der Waals surface area contributed by atoms with E-state index in [4.69, 9.17) is 0 Å². The first-order valence-electron chi connectivity index (χ1n) is 6.34. The van der Waals surface area contributed by atoms with Gasteiger partial charge < -0.3 is 5.32 Å². The molecule has 0 amide bonds. The number of halogens is 1. The standard InChI is InChI=1S/C13H21FN2O2S/c1-11(12-6-5-7-13(14)10-12)16-19(17,18)9-4-3-8-15-2/h5-7,10-11,15-16H,3-4,8-9H2,1-2H3. The summed E-state index contributed by atoms with van der Waals surface area (Å²) >= 11 is 0. The van der Waals surface area contributed by atoms with E-state index in [-0.39, 0.29) is 11.6 Å². The molecule has 0 heterocycles. The summed E-state index contributed by atoms with van der Waals surface area (Å²) in [5, 5.41) is 2.97. The number of sulfonamides is 1. The summed E-state index contributed by atoms with van der Waals surface area (Å²) in [4.78, 5) is 0. The van der Waals surface area contributed by atoms with Gasteiger partial charge in [0.1, 0.15) is 5.82 Å². The van der Waals surface area contributed by atoms with E-state index in [0.29, 0.717) is 12.0 Å². The number of rotatable bonds is 8. The van der Waals surface area contributed by atoms with Gasteiger partial charge in [0.2, 0.25) is 10.0 Å². The highest BCUT2D eigenvalue weighted by atomic mass is 32.2. The predicted octanol–water partition coefficient (Wildman–Crippen LogP) is 1.81. The third-order valence-electron chi connectivity index (χ3n) is 2.79. The van der Waals surface area contributed by atoms with E-state index in [9.17, 15) is 12.8 Å². The quantitative estimate of drug-likeness (QED) is 0.717. The van der Waals surface area contributed by atoms with Gasteiger partial charge in [0.05, 0.1) is 5.75 Å². The van der Waals surface area contributed by atoms with Crippen LogP contribution < -0.4 is 10.0 Å². The van der Waals surface area contributed by atoms with Crippen molar-refractivity contribution in [2.24, 2.45) is 0 Å². The van der Waals surface area contributed by atoms with Gasteiger partial charge in [0, 0.05) is 6.04 Å². The highest BCUT2D eigenvalue weighted by Gasteiger charge is 2.15. The van der Waals surface area contributed by atoms with Crippen LogP contribution in [0.2, 0.25) is 0 Å². The molecule has 19 heavy (non-hydrogen) atoms. The second-order valence-electron chi connectivity index (χ2n) is 4.52. The van der Waals surface area contributed by atoms with Crippen molar-refractivity contribution in [3.8, 4) is 0 Å². The zero-order valence-corrected chi connectivity index (χ0v) is 12.1. The second kappa shape index (κ2) is 7.57. The summed E-state index contributed by atoms with van der Waals surface area (Å²) < 4.78 is 39.3. The summed E-state index contributed by atoms with van der Waals surface area (Å²) in [7, 11) is -1.49. The minimum atomic E-state index is -3.32. The van der Waals surface area contributed by atoms with E-state index in [0.717, 1.165) is 13.0 Å². The molecule has 6 heteroatoms. The third kappa shape index (κ3) is 6.13. The summed E-state index contributed by atoms with van der Waals surface area (Å²) in [5.41, 5.74) is 0.624. The van der Waals surface area contributed by atoms with Gasteiger partial charge in [-0.2, -0.15) is 0 Å². The molecule has 0 bridgehead atoms. The van der Waals surface area contributed by atoms with Crippen molar-refractivity contribution in [2.45, 2.75) is 25.8 Å². The van der Waals surface area contributed by atoms with Crippen molar-refractivity contribution in [1.29, 1.82) is 0 Å². The maximum Gasteiger partial charge on any atom is 0.212 e. The van der Waals surface area contributed by atoms with Gasteiger partial charge in [0.25, 0.3) is 0 Å². The molecule has 0 radical (unpaired) electrons. The van der Waals surface area contributed by atoms with Gasteiger partial charge in [0.15, 0.2) is 0 Å². The molecule has 0 aliphatic rings. The van der Waals surface area contributed by atoms with Gasteiger partial charge in [-0.25, -0.2) is 17.5 Å². The van der Waals surface area contributed by atoms with E-state index in [1.54, 1.807) is 19.1 Å². The normalized spacial score (nSPS) is 13.4. The average Bonchev–Trinajstić information content (AvgIpc) is 2.34. The predicted molar refractivity (Wildman–Crippen MR) is 74.9 cm³/mol. The zero-order chi connectivity index (χ0) is 14.3. The second-order valence-corrected chi connectivity index (χ2v) is 6.40. The van der Waals surface area contributed by atoms with Gasteiger partial charge in [-0.15, -0.1) is 0 Å². The molecule has 0 saturated carbocycles. The largest absolute Gasteiger partial charge is 0.320 e. The third-order valence-corrected chi connectivity index (χ3v) is 4.33. The lowest BCUT2D eigenvalue weighted by Gasteiger charge is -2.14. The van der Waals surface area contributed by atoms with Crippen molar-refractivity contribution in [2.75, 3.05) is 19.3 Å². The molecule has 0 saturated heterocycles. The Morgan fingerprint density at radius 2 is 2.05 bits per heavy atom. The van der Waals surface area contributed by atoms with Crippen LogP contribution in [0.15, 0.2) is 24.3 Å². The van der Waals surface area contributed by atoms with Crippen LogP contribution in [-0.4, -0.2) is 27.8 Å². The molecule has 0 aromatic heterocycles. The monoisotopic (exact) mass is 288 g/mol. The fraction of sp³-hybridized carbons (Fsp3) is 0.538. The van der Waals surface area contributed by atoms with Crippen LogP contribution in [0.5, 0.6) is 0 Å². The average molecular weight is 288 g/mol. The van der Waals surface area contributed by atoms with E-state index in [1.165, 1.54) is 12.1 Å². The summed E-state index contributed by atoms with van der Waals surface area (Å²) in [6, 6.07) is 5.53. The van der Waals surface area contributed by atoms with Crippen molar-refractivity contribution in [3.63, 3.8) is 0 Å². The number of unbranched alkanes of at least 4 members (excludes halogenated alkanes) is 1. The Hall–Kier alpha value is -0.980. The lowest BCUT2D eigenvalue weighted by molar-refractivity contribution is 0.559. The number of benzene rings is 1. The molecule has 1 aromatic carbocycles. The maximum atomic E-state index is 13.1. The van der Waals surface area contributed by atoms with E-state index < -0.39 is 16.1 Å². The smallest absolute Gasteiger partial charge is 0.212 e. The minimum Gasteiger partial charge on any atom is -0.320 e. The minimum absolute atomic E-state index is 0.0916. The summed E-state index contributed by atoms with van der Waals surface area (Å²) in [6.45, 7) is 2.51. The fourth-order valence-corrected chi connectivity index (χ4v) is 3.14. The molecule has 1 atom stereocenters. The van der Waals surface area contributed by atoms with Crippen molar-refractivity contribution < 1.29 is 12.8 Å². The fourth-order valence-electron chi connectivity index (χ4n) is 1.77. The molecule has 0 aliphatic carbocycles. The van der Waals surface area contributed by atoms with Crippen LogP contribution in [0.4, 0.5) is 4.39 Å². The molecule has 1 unspecified atom stereocenters. The Balaban J connectivity index is 2.53. The molecule has 1 aromatic rings. The molecule has 2 N–H and O–H groups in total. The zero-order valence-electron chi connectivity index (χ0n) is 11.3. The van der Waals surface area contributed by atoms with Crippen LogP contribution in [0.1, 0.15) is 31.4 Å². The van der Waals surface area contributed by atoms with Gasteiger partial charge >= 0.3 is 0 Å².